The molecule has 0 unspecified atom stereocenters. The molecule has 2 fully saturated rings. The van der Waals surface area contributed by atoms with Crippen LogP contribution >= 0.6 is 11.6 Å². The van der Waals surface area contributed by atoms with E-state index >= 15 is 0 Å². The van der Waals surface area contributed by atoms with Crippen LogP contribution in [0.2, 0.25) is 5.02 Å². The van der Waals surface area contributed by atoms with Crippen LogP contribution in [0.3, 0.4) is 0 Å². The van der Waals surface area contributed by atoms with E-state index < -0.39 is 10.1 Å². The molecule has 2 aliphatic heterocycles. The molecule has 2 aromatic carbocycles. The smallest absolute Gasteiger partial charge is 0.310 e. The molecule has 31 heavy (non-hydrogen) atoms. The number of methoxy groups -OCH3 is 1. The summed E-state index contributed by atoms with van der Waals surface area (Å²) in [6.45, 7) is 1.84. The lowest BCUT2D eigenvalue weighted by Crippen LogP contribution is -2.49. The van der Waals surface area contributed by atoms with Gasteiger partial charge in [0.15, 0.2) is 0 Å². The molecule has 2 aliphatic rings. The van der Waals surface area contributed by atoms with Gasteiger partial charge in [-0.25, -0.2) is 0 Å². The molecule has 0 saturated carbocycles. The highest BCUT2D eigenvalue weighted by molar-refractivity contribution is 7.85. The van der Waals surface area contributed by atoms with Gasteiger partial charge in [-0.3, -0.25) is 14.2 Å². The van der Waals surface area contributed by atoms with Crippen molar-refractivity contribution in [1.82, 2.24) is 4.90 Å². The predicted octanol–water partition coefficient (Wildman–Crippen LogP) is 4.32. The maximum absolute atomic E-state index is 12.3. The summed E-state index contributed by atoms with van der Waals surface area (Å²) in [6.07, 6.45) is 3.29. The van der Waals surface area contributed by atoms with Crippen molar-refractivity contribution in [2.24, 2.45) is 5.92 Å². The SMILES string of the molecule is COC(=O)[C@H]1[C@H]2CC[C@@H](C[C@H]1c1ccc(Cl)cc1)N2C.Cc1ccc(S(=O)(=O)O)cc1. The number of hydrogen-bond acceptors (Lipinski definition) is 5. The Balaban J connectivity index is 0.000000210. The largest absolute Gasteiger partial charge is 0.469 e. The van der Waals surface area contributed by atoms with Crippen LogP contribution in [0.15, 0.2) is 53.4 Å². The number of hydrogen-bond donors (Lipinski definition) is 1. The van der Waals surface area contributed by atoms with Crippen LogP contribution in [0.1, 0.15) is 36.3 Å². The second kappa shape index (κ2) is 9.69. The van der Waals surface area contributed by atoms with Crippen molar-refractivity contribution < 1.29 is 22.5 Å². The molecule has 2 bridgehead atoms. The summed E-state index contributed by atoms with van der Waals surface area (Å²) in [6, 6.07) is 14.8. The van der Waals surface area contributed by atoms with E-state index in [-0.39, 0.29) is 22.7 Å². The number of rotatable bonds is 3. The molecule has 4 rings (SSSR count). The van der Waals surface area contributed by atoms with Crippen LogP contribution in [0, 0.1) is 12.8 Å². The van der Waals surface area contributed by atoms with E-state index in [1.807, 2.05) is 31.2 Å². The first-order valence-corrected chi connectivity index (χ1v) is 12.0. The van der Waals surface area contributed by atoms with Gasteiger partial charge in [0, 0.05) is 23.0 Å². The fraction of sp³-hybridized carbons (Fsp3) is 0.435. The molecule has 168 valence electrons. The third kappa shape index (κ3) is 5.47. The van der Waals surface area contributed by atoms with Crippen LogP contribution in [0.4, 0.5) is 0 Å². The van der Waals surface area contributed by atoms with Gasteiger partial charge in [0.05, 0.1) is 17.9 Å². The Morgan fingerprint density at radius 2 is 1.71 bits per heavy atom. The molecule has 0 aromatic heterocycles. The molecule has 0 aliphatic carbocycles. The molecular formula is C23H28ClNO5S. The summed E-state index contributed by atoms with van der Waals surface area (Å²) in [4.78, 5) is 14.6. The lowest BCUT2D eigenvalue weighted by molar-refractivity contribution is -0.150. The molecular weight excluding hydrogens is 438 g/mol. The summed E-state index contributed by atoms with van der Waals surface area (Å²) in [5.41, 5.74) is 2.16. The van der Waals surface area contributed by atoms with Crippen molar-refractivity contribution in [2.75, 3.05) is 14.2 Å². The number of aryl methyl sites for hydroxylation is 1. The Hall–Kier alpha value is -1.93. The number of esters is 1. The van der Waals surface area contributed by atoms with Gasteiger partial charge in [0.25, 0.3) is 10.1 Å². The van der Waals surface area contributed by atoms with Crippen molar-refractivity contribution in [3.8, 4) is 0 Å². The van der Waals surface area contributed by atoms with E-state index in [2.05, 4.69) is 11.9 Å². The number of benzene rings is 2. The molecule has 2 aromatic rings. The van der Waals surface area contributed by atoms with Gasteiger partial charge in [-0.15, -0.1) is 0 Å². The van der Waals surface area contributed by atoms with E-state index in [1.165, 1.54) is 31.2 Å². The zero-order valence-electron chi connectivity index (χ0n) is 17.9. The molecule has 1 N–H and O–H groups in total. The number of nitrogens with zero attached hydrogens (tertiary/aromatic N) is 1. The van der Waals surface area contributed by atoms with Crippen molar-refractivity contribution >= 4 is 27.7 Å². The van der Waals surface area contributed by atoms with Gasteiger partial charge < -0.3 is 4.74 Å². The number of ether oxygens (including phenoxy) is 1. The van der Waals surface area contributed by atoms with Crippen LogP contribution < -0.4 is 0 Å². The number of halogens is 1. The molecule has 8 heteroatoms. The second-order valence-electron chi connectivity index (χ2n) is 8.19. The summed E-state index contributed by atoms with van der Waals surface area (Å²) in [5.74, 6) is 0.0977. The highest BCUT2D eigenvalue weighted by Crippen LogP contribution is 2.46. The van der Waals surface area contributed by atoms with Gasteiger partial charge in [0.1, 0.15) is 0 Å². The van der Waals surface area contributed by atoms with Crippen LogP contribution in [-0.2, 0) is 19.6 Å². The van der Waals surface area contributed by atoms with Crippen LogP contribution in [-0.4, -0.2) is 50.1 Å². The Kier molecular flexibility index (Phi) is 7.42. The number of carbonyl (C=O) groups excluding carboxylic acids is 1. The molecule has 6 nitrogen and oxygen atoms in total. The van der Waals surface area contributed by atoms with E-state index in [9.17, 15) is 13.2 Å². The summed E-state index contributed by atoms with van der Waals surface area (Å²) in [5, 5.41) is 0.735. The molecule has 0 spiro atoms. The van der Waals surface area contributed by atoms with E-state index in [4.69, 9.17) is 20.9 Å². The monoisotopic (exact) mass is 465 g/mol. The second-order valence-corrected chi connectivity index (χ2v) is 10.1. The Bertz CT molecular complexity index is 1010. The first kappa shape index (κ1) is 23.7. The topological polar surface area (TPSA) is 83.9 Å². The molecule has 4 atom stereocenters. The van der Waals surface area contributed by atoms with Gasteiger partial charge in [0.2, 0.25) is 0 Å². The van der Waals surface area contributed by atoms with Crippen molar-refractivity contribution in [3.05, 3.63) is 64.7 Å². The minimum atomic E-state index is -4.02. The molecule has 0 radical (unpaired) electrons. The third-order valence-corrected chi connectivity index (χ3v) is 7.48. The van der Waals surface area contributed by atoms with Crippen molar-refractivity contribution in [1.29, 1.82) is 0 Å². The minimum absolute atomic E-state index is 0.0649. The maximum Gasteiger partial charge on any atom is 0.310 e. The third-order valence-electron chi connectivity index (χ3n) is 6.36. The number of carbonyl (C=O) groups is 1. The first-order chi connectivity index (χ1) is 14.6. The van der Waals surface area contributed by atoms with Gasteiger partial charge in [-0.05, 0) is 63.1 Å². The fourth-order valence-electron chi connectivity index (χ4n) is 4.69. The van der Waals surface area contributed by atoms with Crippen molar-refractivity contribution in [2.45, 2.75) is 49.1 Å². The van der Waals surface area contributed by atoms with E-state index in [0.29, 0.717) is 12.1 Å². The van der Waals surface area contributed by atoms with Gasteiger partial charge in [-0.1, -0.05) is 41.4 Å². The molecule has 2 heterocycles. The predicted molar refractivity (Wildman–Crippen MR) is 120 cm³/mol. The van der Waals surface area contributed by atoms with Crippen LogP contribution in [0.5, 0.6) is 0 Å². The van der Waals surface area contributed by atoms with E-state index in [0.717, 1.165) is 23.4 Å². The molecule has 2 saturated heterocycles. The van der Waals surface area contributed by atoms with Crippen LogP contribution in [0.25, 0.3) is 0 Å². The molecule has 0 amide bonds. The highest BCUT2D eigenvalue weighted by Gasteiger charge is 2.49. The normalized spacial score (nSPS) is 25.5. The zero-order chi connectivity index (χ0) is 22.8. The van der Waals surface area contributed by atoms with Crippen molar-refractivity contribution in [3.63, 3.8) is 0 Å². The summed E-state index contributed by atoms with van der Waals surface area (Å²) >= 11 is 5.97. The quantitative estimate of drug-likeness (QED) is 0.536. The average Bonchev–Trinajstić information content (AvgIpc) is 2.96. The van der Waals surface area contributed by atoms with Gasteiger partial charge >= 0.3 is 5.97 Å². The zero-order valence-corrected chi connectivity index (χ0v) is 19.4. The summed E-state index contributed by atoms with van der Waals surface area (Å²) in [7, 11) is -0.396. The summed E-state index contributed by atoms with van der Waals surface area (Å²) < 4.78 is 34.6. The minimum Gasteiger partial charge on any atom is -0.469 e. The Morgan fingerprint density at radius 3 is 2.26 bits per heavy atom. The standard InChI is InChI=1S/C16H20ClNO2.C7H8O3S/c1-18-12-7-8-14(18)15(16(19)20-2)13(9-12)10-3-5-11(17)6-4-10;1-6-2-4-7(5-3-6)11(8,9)10/h3-6,12-15H,7-9H2,1-2H3;2-5H,1H3,(H,8,9,10)/t12-,13-,14+,15+;/m0./s1. The Labute approximate surface area is 188 Å². The van der Waals surface area contributed by atoms with E-state index in [1.54, 1.807) is 12.1 Å². The maximum atomic E-state index is 12.3. The lowest BCUT2D eigenvalue weighted by atomic mass is 9.76. The number of piperidine rings is 1. The van der Waals surface area contributed by atoms with Gasteiger partial charge in [-0.2, -0.15) is 8.42 Å². The Morgan fingerprint density at radius 1 is 1.10 bits per heavy atom. The average molecular weight is 466 g/mol. The lowest BCUT2D eigenvalue weighted by Gasteiger charge is -2.41. The first-order valence-electron chi connectivity index (χ1n) is 10.2. The fourth-order valence-corrected chi connectivity index (χ4v) is 5.29. The highest BCUT2D eigenvalue weighted by atomic mass is 35.5. The number of fused-ring (bicyclic) bond motifs is 2.